The van der Waals surface area contributed by atoms with Gasteiger partial charge >= 0.3 is 6.09 Å². The van der Waals surface area contributed by atoms with E-state index < -0.39 is 17.7 Å². The second-order valence-corrected chi connectivity index (χ2v) is 5.86. The molecule has 0 aliphatic heterocycles. The first-order valence-corrected chi connectivity index (χ1v) is 6.73. The van der Waals surface area contributed by atoms with Crippen LogP contribution in [-0.4, -0.2) is 23.0 Å². The number of aromatic nitrogens is 1. The quantitative estimate of drug-likeness (QED) is 0.681. The van der Waals surface area contributed by atoms with E-state index in [2.05, 4.69) is 10.3 Å². The molecule has 0 aromatic carbocycles. The molecule has 1 aromatic rings. The van der Waals surface area contributed by atoms with E-state index in [1.54, 1.807) is 26.8 Å². The first kappa shape index (κ1) is 16.7. The summed E-state index contributed by atoms with van der Waals surface area (Å²) >= 11 is 11.7. The van der Waals surface area contributed by atoms with Crippen molar-refractivity contribution in [2.45, 2.75) is 38.8 Å². The highest BCUT2D eigenvalue weighted by Crippen LogP contribution is 2.25. The van der Waals surface area contributed by atoms with Crippen molar-refractivity contribution in [3.05, 3.63) is 28.0 Å². The Labute approximate surface area is 127 Å². The van der Waals surface area contributed by atoms with E-state index in [0.29, 0.717) is 11.8 Å². The maximum absolute atomic E-state index is 11.8. The highest BCUT2D eigenvalue weighted by atomic mass is 35.5. The summed E-state index contributed by atoms with van der Waals surface area (Å²) in [4.78, 5) is 26.4. The normalized spacial score (nSPS) is 12.7. The number of hydrogen-bond donors (Lipinski definition) is 1. The molecule has 110 valence electrons. The number of alkyl carbamates (subject to hydrolysis) is 1. The molecule has 0 bridgehead atoms. The number of carbonyl (C=O) groups excluding carboxylic acids is 2. The Morgan fingerprint density at radius 1 is 1.45 bits per heavy atom. The van der Waals surface area contributed by atoms with Crippen LogP contribution in [0.5, 0.6) is 0 Å². The third-order valence-corrected chi connectivity index (χ3v) is 2.76. The average molecular weight is 319 g/mol. The highest BCUT2D eigenvalue weighted by molar-refractivity contribution is 6.32. The number of pyridine rings is 1. The molecule has 0 aliphatic carbocycles. The van der Waals surface area contributed by atoms with E-state index in [1.165, 1.54) is 6.07 Å². The van der Waals surface area contributed by atoms with Crippen LogP contribution >= 0.6 is 23.2 Å². The molecular weight excluding hydrogens is 303 g/mol. The average Bonchev–Trinajstić information content (AvgIpc) is 2.25. The maximum atomic E-state index is 11.8. The van der Waals surface area contributed by atoms with Gasteiger partial charge in [-0.25, -0.2) is 9.78 Å². The summed E-state index contributed by atoms with van der Waals surface area (Å²) in [5.74, 6) is 0. The number of halogens is 2. The Morgan fingerprint density at radius 3 is 2.60 bits per heavy atom. The summed E-state index contributed by atoms with van der Waals surface area (Å²) in [5, 5.41) is 2.97. The minimum absolute atomic E-state index is 0.0578. The highest BCUT2D eigenvalue weighted by Gasteiger charge is 2.22. The second-order valence-electron chi connectivity index (χ2n) is 5.12. The zero-order valence-electron chi connectivity index (χ0n) is 11.4. The van der Waals surface area contributed by atoms with E-state index in [0.717, 1.165) is 0 Å². The van der Waals surface area contributed by atoms with Gasteiger partial charge in [0.05, 0.1) is 6.04 Å². The molecule has 1 rings (SSSR count). The Morgan fingerprint density at radius 2 is 2.10 bits per heavy atom. The van der Waals surface area contributed by atoms with Crippen LogP contribution in [0.3, 0.4) is 0 Å². The van der Waals surface area contributed by atoms with Crippen molar-refractivity contribution < 1.29 is 14.3 Å². The summed E-state index contributed by atoms with van der Waals surface area (Å²) in [6.45, 7) is 5.24. The van der Waals surface area contributed by atoms with Crippen molar-refractivity contribution in [2.24, 2.45) is 0 Å². The molecule has 1 heterocycles. The Kier molecular flexibility index (Phi) is 5.77. The van der Waals surface area contributed by atoms with E-state index in [-0.39, 0.29) is 16.7 Å². The molecule has 1 N–H and O–H groups in total. The lowest BCUT2D eigenvalue weighted by Crippen LogP contribution is -2.35. The van der Waals surface area contributed by atoms with Gasteiger partial charge in [0.15, 0.2) is 0 Å². The molecule has 0 spiro atoms. The van der Waals surface area contributed by atoms with Crippen LogP contribution in [0, 0.1) is 0 Å². The number of rotatable bonds is 4. The molecule has 0 radical (unpaired) electrons. The molecule has 7 heteroatoms. The van der Waals surface area contributed by atoms with Crippen molar-refractivity contribution in [3.63, 3.8) is 0 Å². The molecule has 1 aromatic heterocycles. The van der Waals surface area contributed by atoms with Crippen molar-refractivity contribution >= 4 is 35.6 Å². The van der Waals surface area contributed by atoms with Crippen LogP contribution in [0.1, 0.15) is 38.8 Å². The van der Waals surface area contributed by atoms with Gasteiger partial charge in [0.25, 0.3) is 0 Å². The Hall–Kier alpha value is -1.33. The molecule has 5 nitrogen and oxygen atoms in total. The largest absolute Gasteiger partial charge is 0.444 e. The number of aldehydes is 1. The first-order chi connectivity index (χ1) is 9.23. The molecule has 0 saturated heterocycles. The van der Waals surface area contributed by atoms with Gasteiger partial charge in [-0.1, -0.05) is 29.3 Å². The maximum Gasteiger partial charge on any atom is 0.408 e. The van der Waals surface area contributed by atoms with Crippen LogP contribution in [0.25, 0.3) is 0 Å². The van der Waals surface area contributed by atoms with E-state index >= 15 is 0 Å². The van der Waals surface area contributed by atoms with Gasteiger partial charge in [-0.2, -0.15) is 0 Å². The molecule has 20 heavy (non-hydrogen) atoms. The number of nitrogens with zero attached hydrogens (tertiary/aromatic N) is 1. The van der Waals surface area contributed by atoms with Crippen LogP contribution in [0.4, 0.5) is 4.79 Å². The molecule has 1 amide bonds. The fourth-order valence-corrected chi connectivity index (χ4v) is 1.97. The smallest absolute Gasteiger partial charge is 0.408 e. The van der Waals surface area contributed by atoms with Crippen LogP contribution < -0.4 is 5.32 Å². The lowest BCUT2D eigenvalue weighted by molar-refractivity contribution is -0.108. The summed E-state index contributed by atoms with van der Waals surface area (Å²) in [6.07, 6.45) is 0.116. The number of ether oxygens (including phenoxy) is 1. The van der Waals surface area contributed by atoms with E-state index in [9.17, 15) is 9.59 Å². The van der Waals surface area contributed by atoms with Crippen molar-refractivity contribution in [2.75, 3.05) is 0 Å². The van der Waals surface area contributed by atoms with E-state index in [4.69, 9.17) is 27.9 Å². The first-order valence-electron chi connectivity index (χ1n) is 5.98. The standard InChI is InChI=1S/C13H16Cl2N2O3/c1-13(2,3)20-12(19)16-9(6-7-18)8-4-5-10(14)17-11(8)15/h4-5,7,9H,6H2,1-3H3,(H,16,19)/t9-/m1/s1. The van der Waals surface area contributed by atoms with Gasteiger partial charge in [0.1, 0.15) is 22.2 Å². The molecular formula is C13H16Cl2N2O3. The SMILES string of the molecule is CC(C)(C)OC(=O)N[C@H](CC=O)c1ccc(Cl)nc1Cl. The van der Waals surface area contributed by atoms with E-state index in [1.807, 2.05) is 0 Å². The van der Waals surface area contributed by atoms with Gasteiger partial charge in [0.2, 0.25) is 0 Å². The predicted molar refractivity (Wildman–Crippen MR) is 77.0 cm³/mol. The number of hydrogen-bond acceptors (Lipinski definition) is 4. The van der Waals surface area contributed by atoms with Crippen LogP contribution in [-0.2, 0) is 9.53 Å². The lowest BCUT2D eigenvalue weighted by Gasteiger charge is -2.23. The number of carbonyl (C=O) groups is 2. The topological polar surface area (TPSA) is 68.3 Å². The van der Waals surface area contributed by atoms with Gasteiger partial charge in [-0.05, 0) is 26.8 Å². The Bertz CT molecular complexity index is 501. The molecule has 0 saturated carbocycles. The zero-order chi connectivity index (χ0) is 15.3. The fourth-order valence-electron chi connectivity index (χ4n) is 1.49. The third kappa shape index (κ3) is 5.35. The monoisotopic (exact) mass is 318 g/mol. The van der Waals surface area contributed by atoms with Gasteiger partial charge in [-0.3, -0.25) is 0 Å². The molecule has 0 unspecified atom stereocenters. The van der Waals surface area contributed by atoms with Gasteiger partial charge in [0, 0.05) is 12.0 Å². The number of amides is 1. The third-order valence-electron chi connectivity index (χ3n) is 2.24. The molecule has 0 fully saturated rings. The predicted octanol–water partition coefficient (Wildman–Crippen LogP) is 3.54. The fraction of sp³-hybridized carbons (Fsp3) is 0.462. The molecule has 1 atom stereocenters. The van der Waals surface area contributed by atoms with Crippen molar-refractivity contribution in [1.82, 2.24) is 10.3 Å². The van der Waals surface area contributed by atoms with Gasteiger partial charge < -0.3 is 14.8 Å². The second kappa shape index (κ2) is 6.90. The summed E-state index contributed by atoms with van der Waals surface area (Å²) < 4.78 is 5.14. The van der Waals surface area contributed by atoms with Crippen LogP contribution in [0.15, 0.2) is 12.1 Å². The number of nitrogens with one attached hydrogen (secondary N) is 1. The van der Waals surface area contributed by atoms with Crippen molar-refractivity contribution in [3.8, 4) is 0 Å². The zero-order valence-corrected chi connectivity index (χ0v) is 13.0. The minimum Gasteiger partial charge on any atom is -0.444 e. The van der Waals surface area contributed by atoms with Crippen LogP contribution in [0.2, 0.25) is 10.3 Å². The lowest BCUT2D eigenvalue weighted by atomic mass is 10.1. The van der Waals surface area contributed by atoms with Crippen molar-refractivity contribution in [1.29, 1.82) is 0 Å². The summed E-state index contributed by atoms with van der Waals surface area (Å²) in [7, 11) is 0. The van der Waals surface area contributed by atoms with Gasteiger partial charge in [-0.15, -0.1) is 0 Å². The summed E-state index contributed by atoms with van der Waals surface area (Å²) in [6, 6.07) is 2.54. The molecule has 0 aliphatic rings. The minimum atomic E-state index is -0.629. The summed E-state index contributed by atoms with van der Waals surface area (Å²) in [5.41, 5.74) is -0.119. The Balaban J connectivity index is 2.89.